The van der Waals surface area contributed by atoms with Gasteiger partial charge in [0.05, 0.1) is 0 Å². The molecule has 0 fully saturated rings. The van der Waals surface area contributed by atoms with E-state index in [9.17, 15) is 0 Å². The topological polar surface area (TPSA) is 0 Å². The predicted octanol–water partition coefficient (Wildman–Crippen LogP) is 7.94. The van der Waals surface area contributed by atoms with Crippen molar-refractivity contribution in [1.29, 1.82) is 0 Å². The molecule has 205 valence electrons. The van der Waals surface area contributed by atoms with Gasteiger partial charge in [-0.05, 0) is 93.9 Å². The Morgan fingerprint density at radius 1 is 0.462 bits per heavy atom. The number of aryl methyl sites for hydroxylation is 6. The highest BCUT2D eigenvalue weighted by Crippen LogP contribution is 2.35. The number of allylic oxidation sites excluding steroid dienone is 4. The van der Waals surface area contributed by atoms with Gasteiger partial charge in [-0.2, -0.15) is 0 Å². The first kappa shape index (κ1) is 29.3. The number of rotatable bonds is 12. The molecule has 3 aromatic carbocycles. The van der Waals surface area contributed by atoms with E-state index in [2.05, 4.69) is 121 Å². The molecule has 0 atom stereocenters. The summed E-state index contributed by atoms with van der Waals surface area (Å²) < 4.78 is 0. The van der Waals surface area contributed by atoms with E-state index >= 15 is 0 Å². The van der Waals surface area contributed by atoms with E-state index in [1.165, 1.54) is 39.8 Å². The van der Waals surface area contributed by atoms with Gasteiger partial charge < -0.3 is 0 Å². The molecule has 1 radical (unpaired) electrons. The van der Waals surface area contributed by atoms with Gasteiger partial charge in [0.1, 0.15) is 0 Å². The highest BCUT2D eigenvalue weighted by Gasteiger charge is 2.48. The molecule has 0 amide bonds. The van der Waals surface area contributed by atoms with Gasteiger partial charge in [-0.1, -0.05) is 133 Å². The Balaban J connectivity index is 2.23. The molecule has 0 nitrogen and oxygen atoms in total. The Hall–Kier alpha value is -2.64. The lowest BCUT2D eigenvalue weighted by Gasteiger charge is -2.41. The molecule has 0 spiro atoms. The third-order valence-corrected chi connectivity index (χ3v) is 13.5. The van der Waals surface area contributed by atoms with Crippen LogP contribution in [0.5, 0.6) is 0 Å². The predicted molar refractivity (Wildman–Crippen MR) is 176 cm³/mol. The summed E-state index contributed by atoms with van der Waals surface area (Å²) in [5, 5.41) is 4.69. The standard InChI is InChI=1S/C38H49Si/c1-8-16-34-17-15-18-38(34)39(35-22-28(9-2)19-29(10-3)23-35,36-24-30(11-4)20-31(12-5)25-36)37-26-32(13-6)21-33(14-7)27-37/h15,17-27H,8-14,16H2,1-7H3. The molecule has 0 saturated carbocycles. The molecule has 0 saturated heterocycles. The van der Waals surface area contributed by atoms with Crippen molar-refractivity contribution < 1.29 is 0 Å². The van der Waals surface area contributed by atoms with Crippen LogP contribution in [-0.4, -0.2) is 8.07 Å². The van der Waals surface area contributed by atoms with Crippen LogP contribution >= 0.6 is 0 Å². The quantitative estimate of drug-likeness (QED) is 0.164. The Morgan fingerprint density at radius 2 is 0.795 bits per heavy atom. The summed E-state index contributed by atoms with van der Waals surface area (Å²) in [5.41, 5.74) is 12.0. The highest BCUT2D eigenvalue weighted by atomic mass is 28.3. The van der Waals surface area contributed by atoms with Gasteiger partial charge in [-0.25, -0.2) is 0 Å². The summed E-state index contributed by atoms with van der Waals surface area (Å²) in [7, 11) is -2.62. The monoisotopic (exact) mass is 533 g/mol. The van der Waals surface area contributed by atoms with Crippen LogP contribution in [0.1, 0.15) is 94.7 Å². The molecule has 0 aromatic heterocycles. The van der Waals surface area contributed by atoms with E-state index in [1.807, 2.05) is 0 Å². The Bertz CT molecular complexity index is 1140. The summed E-state index contributed by atoms with van der Waals surface area (Å²) in [6.07, 6.45) is 16.0. The third kappa shape index (κ3) is 5.80. The second-order valence-electron chi connectivity index (χ2n) is 11.2. The molecular formula is C38H49Si. The van der Waals surface area contributed by atoms with Crippen molar-refractivity contribution >= 4 is 23.6 Å². The third-order valence-electron chi connectivity index (χ3n) is 8.74. The molecular weight excluding hydrogens is 485 g/mol. The number of hydrogen-bond acceptors (Lipinski definition) is 0. The maximum Gasteiger partial charge on any atom is 0.163 e. The van der Waals surface area contributed by atoms with Gasteiger partial charge in [0.25, 0.3) is 0 Å². The van der Waals surface area contributed by atoms with Crippen LogP contribution < -0.4 is 15.6 Å². The number of hydrogen-bond donors (Lipinski definition) is 0. The van der Waals surface area contributed by atoms with Crippen molar-refractivity contribution in [3.05, 3.63) is 117 Å². The SMILES string of the molecule is CCCC1=CC=C[C]1[Si](c1cc(CC)cc(CC)c1)(c1cc(CC)cc(CC)c1)c1cc(CC)cc(CC)c1. The molecule has 4 rings (SSSR count). The van der Waals surface area contributed by atoms with Crippen LogP contribution in [0.25, 0.3) is 0 Å². The molecule has 0 bridgehead atoms. The molecule has 1 aliphatic rings. The first-order chi connectivity index (χ1) is 19.0. The maximum atomic E-state index is 2.59. The normalized spacial score (nSPS) is 13.8. The zero-order valence-electron chi connectivity index (χ0n) is 25.6. The molecule has 0 heterocycles. The van der Waals surface area contributed by atoms with E-state index in [-0.39, 0.29) is 0 Å². The molecule has 1 heteroatoms. The Labute approximate surface area is 240 Å². The van der Waals surface area contributed by atoms with E-state index in [0.717, 1.165) is 44.9 Å². The first-order valence-corrected chi connectivity index (χ1v) is 17.6. The lowest BCUT2D eigenvalue weighted by Crippen LogP contribution is -2.71. The molecule has 0 aliphatic heterocycles. The van der Waals surface area contributed by atoms with Crippen LogP contribution in [0.15, 0.2) is 78.4 Å². The Morgan fingerprint density at radius 3 is 1.08 bits per heavy atom. The van der Waals surface area contributed by atoms with E-state index in [1.54, 1.807) is 26.7 Å². The second kappa shape index (κ2) is 13.1. The van der Waals surface area contributed by atoms with Crippen LogP contribution in [0, 0.1) is 5.54 Å². The van der Waals surface area contributed by atoms with Crippen LogP contribution in [0.4, 0.5) is 0 Å². The van der Waals surface area contributed by atoms with E-state index in [4.69, 9.17) is 0 Å². The molecule has 3 aromatic rings. The van der Waals surface area contributed by atoms with Gasteiger partial charge in [-0.3, -0.25) is 0 Å². The average molecular weight is 534 g/mol. The minimum atomic E-state index is -2.62. The van der Waals surface area contributed by atoms with Crippen LogP contribution in [0.3, 0.4) is 0 Å². The minimum absolute atomic E-state index is 1.07. The van der Waals surface area contributed by atoms with Crippen molar-refractivity contribution in [3.63, 3.8) is 0 Å². The van der Waals surface area contributed by atoms with Crippen molar-refractivity contribution in [2.75, 3.05) is 0 Å². The van der Waals surface area contributed by atoms with Crippen molar-refractivity contribution in [2.24, 2.45) is 0 Å². The highest BCUT2D eigenvalue weighted by molar-refractivity contribution is 7.16. The van der Waals surface area contributed by atoms with Gasteiger partial charge >= 0.3 is 0 Å². The van der Waals surface area contributed by atoms with Gasteiger partial charge in [0.2, 0.25) is 0 Å². The number of benzene rings is 3. The van der Waals surface area contributed by atoms with Crippen molar-refractivity contribution in [1.82, 2.24) is 0 Å². The minimum Gasteiger partial charge on any atom is -0.0750 e. The molecule has 39 heavy (non-hydrogen) atoms. The summed E-state index contributed by atoms with van der Waals surface area (Å²) in [4.78, 5) is 0. The molecule has 1 aliphatic carbocycles. The summed E-state index contributed by atoms with van der Waals surface area (Å²) in [5.74, 6) is 0. The maximum absolute atomic E-state index is 2.62. The molecule has 0 unspecified atom stereocenters. The van der Waals surface area contributed by atoms with Crippen LogP contribution in [-0.2, 0) is 38.5 Å². The summed E-state index contributed by atoms with van der Waals surface area (Å²) in [6, 6.07) is 22.9. The van der Waals surface area contributed by atoms with E-state index in [0.29, 0.717) is 0 Å². The van der Waals surface area contributed by atoms with Gasteiger partial charge in [-0.15, -0.1) is 0 Å². The van der Waals surface area contributed by atoms with Crippen LogP contribution in [0.2, 0.25) is 0 Å². The fraction of sp³-hybridized carbons (Fsp3) is 0.395. The molecule has 0 N–H and O–H groups in total. The Kier molecular flexibility index (Phi) is 9.89. The van der Waals surface area contributed by atoms with Gasteiger partial charge in [0.15, 0.2) is 8.07 Å². The van der Waals surface area contributed by atoms with Crippen molar-refractivity contribution in [3.8, 4) is 0 Å². The average Bonchev–Trinajstić information content (AvgIpc) is 3.45. The summed E-state index contributed by atoms with van der Waals surface area (Å²) >= 11 is 0. The fourth-order valence-electron chi connectivity index (χ4n) is 6.44. The zero-order chi connectivity index (χ0) is 28.0. The van der Waals surface area contributed by atoms with E-state index < -0.39 is 8.07 Å². The first-order valence-electron chi connectivity index (χ1n) is 15.6. The van der Waals surface area contributed by atoms with Gasteiger partial charge in [0, 0.05) is 5.54 Å². The largest absolute Gasteiger partial charge is 0.163 e. The van der Waals surface area contributed by atoms with Crippen molar-refractivity contribution in [2.45, 2.75) is 99.8 Å². The lowest BCUT2D eigenvalue weighted by atomic mass is 10.1. The second-order valence-corrected chi connectivity index (χ2v) is 15.0. The zero-order valence-corrected chi connectivity index (χ0v) is 26.6. The lowest BCUT2D eigenvalue weighted by molar-refractivity contribution is 0.912. The smallest absolute Gasteiger partial charge is 0.0750 e. The fourth-order valence-corrected chi connectivity index (χ4v) is 11.8. The summed E-state index contributed by atoms with van der Waals surface area (Å²) in [6.45, 7) is 16.2.